The Bertz CT molecular complexity index is 858. The third kappa shape index (κ3) is 2.56. The Morgan fingerprint density at radius 3 is 2.96 bits per heavy atom. The molecule has 0 saturated heterocycles. The molecule has 24 heavy (non-hydrogen) atoms. The number of nitrogens with zero attached hydrogens (tertiary/aromatic N) is 1. The summed E-state index contributed by atoms with van der Waals surface area (Å²) in [6, 6.07) is 5.66. The number of nitrogens with one attached hydrogen (secondary N) is 2. The Labute approximate surface area is 140 Å². The second-order valence-electron chi connectivity index (χ2n) is 6.47. The zero-order chi connectivity index (χ0) is 16.7. The predicted octanol–water partition coefficient (Wildman–Crippen LogP) is 3.02. The van der Waals surface area contributed by atoms with Gasteiger partial charge in [-0.25, -0.2) is 0 Å². The van der Waals surface area contributed by atoms with Crippen LogP contribution in [0.4, 0.5) is 11.4 Å². The molecule has 0 fully saturated rings. The maximum atomic E-state index is 12.7. The van der Waals surface area contributed by atoms with Gasteiger partial charge in [0.2, 0.25) is 5.91 Å². The molecule has 2 N–H and O–H groups in total. The van der Waals surface area contributed by atoms with Gasteiger partial charge in [0.15, 0.2) is 0 Å². The van der Waals surface area contributed by atoms with Gasteiger partial charge >= 0.3 is 0 Å². The number of rotatable bonds is 2. The van der Waals surface area contributed by atoms with Crippen LogP contribution in [0.25, 0.3) is 0 Å². The Morgan fingerprint density at radius 1 is 1.21 bits per heavy atom. The molecule has 0 unspecified atom stereocenters. The summed E-state index contributed by atoms with van der Waals surface area (Å²) in [5.74, 6) is -0.0375. The number of aromatic nitrogens is 1. The fourth-order valence-electron chi connectivity index (χ4n) is 3.63. The molecule has 1 aliphatic heterocycles. The summed E-state index contributed by atoms with van der Waals surface area (Å²) in [4.78, 5) is 28.6. The molecule has 4 rings (SSSR count). The zero-order valence-corrected chi connectivity index (χ0v) is 13.6. The van der Waals surface area contributed by atoms with Crippen molar-refractivity contribution >= 4 is 23.2 Å². The van der Waals surface area contributed by atoms with Gasteiger partial charge in [-0.2, -0.15) is 0 Å². The molecule has 2 aliphatic rings. The molecule has 0 saturated carbocycles. The molecule has 122 valence electrons. The molecular weight excluding hydrogens is 302 g/mol. The second kappa shape index (κ2) is 5.74. The van der Waals surface area contributed by atoms with Crippen LogP contribution < -0.4 is 10.6 Å². The first-order valence-corrected chi connectivity index (χ1v) is 8.33. The molecule has 0 bridgehead atoms. The SMILES string of the molecule is Cc1cc(NC(=O)c2ccnc3c2CCC3)cc2c1NC(=O)CC2. The first-order valence-electron chi connectivity index (χ1n) is 8.33. The minimum atomic E-state index is -0.0882. The lowest BCUT2D eigenvalue weighted by Gasteiger charge is -2.20. The largest absolute Gasteiger partial charge is 0.326 e. The number of aryl methyl sites for hydroxylation is 3. The Kier molecular flexibility index (Phi) is 3.56. The van der Waals surface area contributed by atoms with Crippen molar-refractivity contribution in [2.45, 2.75) is 39.0 Å². The molecule has 0 spiro atoms. The summed E-state index contributed by atoms with van der Waals surface area (Å²) in [6.45, 7) is 1.95. The quantitative estimate of drug-likeness (QED) is 0.893. The van der Waals surface area contributed by atoms with Crippen molar-refractivity contribution in [3.8, 4) is 0 Å². The standard InChI is InChI=1S/C19H19N3O2/c1-11-9-13(10-12-5-6-17(23)22-18(11)12)21-19(24)15-7-8-20-16-4-2-3-14(15)16/h7-10H,2-6H2,1H3,(H,21,24)(H,22,23). The topological polar surface area (TPSA) is 71.1 Å². The van der Waals surface area contributed by atoms with E-state index >= 15 is 0 Å². The molecule has 2 heterocycles. The first-order chi connectivity index (χ1) is 11.6. The van der Waals surface area contributed by atoms with E-state index in [4.69, 9.17) is 0 Å². The van der Waals surface area contributed by atoms with Crippen LogP contribution in [0.1, 0.15) is 45.6 Å². The van der Waals surface area contributed by atoms with Crippen LogP contribution in [0.2, 0.25) is 0 Å². The van der Waals surface area contributed by atoms with E-state index in [0.717, 1.165) is 58.6 Å². The van der Waals surface area contributed by atoms with Crippen molar-refractivity contribution in [2.24, 2.45) is 0 Å². The number of benzene rings is 1. The molecule has 1 aliphatic carbocycles. The summed E-state index contributed by atoms with van der Waals surface area (Å²) >= 11 is 0. The Hall–Kier alpha value is -2.69. The molecule has 5 heteroatoms. The minimum absolute atomic E-state index is 0.0507. The van der Waals surface area contributed by atoms with Crippen molar-refractivity contribution in [3.63, 3.8) is 0 Å². The van der Waals surface area contributed by atoms with E-state index in [1.807, 2.05) is 19.1 Å². The van der Waals surface area contributed by atoms with Crippen LogP contribution in [-0.2, 0) is 24.1 Å². The summed E-state index contributed by atoms with van der Waals surface area (Å²) in [5, 5.41) is 5.93. The maximum absolute atomic E-state index is 12.7. The lowest BCUT2D eigenvalue weighted by Crippen LogP contribution is -2.21. The fraction of sp³-hybridized carbons (Fsp3) is 0.316. The molecular formula is C19H19N3O2. The number of amides is 2. The summed E-state index contributed by atoms with van der Waals surface area (Å²) < 4.78 is 0. The van der Waals surface area contributed by atoms with Crippen LogP contribution in [0.15, 0.2) is 24.4 Å². The monoisotopic (exact) mass is 321 g/mol. The van der Waals surface area contributed by atoms with E-state index in [1.54, 1.807) is 12.3 Å². The average molecular weight is 321 g/mol. The number of hydrogen-bond donors (Lipinski definition) is 2. The van der Waals surface area contributed by atoms with Gasteiger partial charge in [-0.1, -0.05) is 0 Å². The number of hydrogen-bond acceptors (Lipinski definition) is 3. The summed E-state index contributed by atoms with van der Waals surface area (Å²) in [5.41, 5.74) is 6.55. The van der Waals surface area contributed by atoms with Gasteiger partial charge in [0, 0.05) is 35.2 Å². The highest BCUT2D eigenvalue weighted by Crippen LogP contribution is 2.30. The van der Waals surface area contributed by atoms with Crippen LogP contribution in [-0.4, -0.2) is 16.8 Å². The number of carbonyl (C=O) groups is 2. The molecule has 1 aromatic carbocycles. The molecule has 0 atom stereocenters. The third-order valence-electron chi connectivity index (χ3n) is 4.79. The van der Waals surface area contributed by atoms with E-state index < -0.39 is 0 Å². The van der Waals surface area contributed by atoms with Gasteiger partial charge in [0.05, 0.1) is 0 Å². The van der Waals surface area contributed by atoms with Gasteiger partial charge in [-0.05, 0) is 67.5 Å². The fourth-order valence-corrected chi connectivity index (χ4v) is 3.63. The van der Waals surface area contributed by atoms with Crippen LogP contribution in [0.5, 0.6) is 0 Å². The Balaban J connectivity index is 1.62. The van der Waals surface area contributed by atoms with Crippen molar-refractivity contribution in [1.29, 1.82) is 0 Å². The maximum Gasteiger partial charge on any atom is 0.256 e. The van der Waals surface area contributed by atoms with Crippen LogP contribution in [0, 0.1) is 6.92 Å². The second-order valence-corrected chi connectivity index (χ2v) is 6.47. The lowest BCUT2D eigenvalue weighted by molar-refractivity contribution is -0.116. The summed E-state index contributed by atoms with van der Waals surface area (Å²) in [6.07, 6.45) is 5.84. The van der Waals surface area contributed by atoms with Crippen molar-refractivity contribution in [1.82, 2.24) is 4.98 Å². The molecule has 2 aromatic rings. The van der Waals surface area contributed by atoms with Crippen LogP contribution >= 0.6 is 0 Å². The third-order valence-corrected chi connectivity index (χ3v) is 4.79. The highest BCUT2D eigenvalue weighted by molar-refractivity contribution is 6.06. The van der Waals surface area contributed by atoms with Crippen LogP contribution in [0.3, 0.4) is 0 Å². The van der Waals surface area contributed by atoms with Gasteiger partial charge in [0.25, 0.3) is 5.91 Å². The molecule has 5 nitrogen and oxygen atoms in total. The van der Waals surface area contributed by atoms with E-state index in [-0.39, 0.29) is 11.8 Å². The summed E-state index contributed by atoms with van der Waals surface area (Å²) in [7, 11) is 0. The smallest absolute Gasteiger partial charge is 0.256 e. The number of pyridine rings is 1. The van der Waals surface area contributed by atoms with Crippen molar-refractivity contribution in [3.05, 3.63) is 52.3 Å². The van der Waals surface area contributed by atoms with Gasteiger partial charge < -0.3 is 10.6 Å². The van der Waals surface area contributed by atoms with E-state index in [0.29, 0.717) is 12.8 Å². The molecule has 0 radical (unpaired) electrons. The highest BCUT2D eigenvalue weighted by atomic mass is 16.2. The zero-order valence-electron chi connectivity index (χ0n) is 13.6. The average Bonchev–Trinajstić information content (AvgIpc) is 3.04. The lowest BCUT2D eigenvalue weighted by atomic mass is 9.98. The van der Waals surface area contributed by atoms with Crippen molar-refractivity contribution in [2.75, 3.05) is 10.6 Å². The predicted molar refractivity (Wildman–Crippen MR) is 92.3 cm³/mol. The van der Waals surface area contributed by atoms with E-state index in [9.17, 15) is 9.59 Å². The van der Waals surface area contributed by atoms with Gasteiger partial charge in [-0.3, -0.25) is 14.6 Å². The van der Waals surface area contributed by atoms with Gasteiger partial charge in [0.1, 0.15) is 0 Å². The number of anilines is 2. The first kappa shape index (κ1) is 14.9. The molecule has 2 amide bonds. The number of fused-ring (bicyclic) bond motifs is 2. The van der Waals surface area contributed by atoms with E-state index in [2.05, 4.69) is 15.6 Å². The highest BCUT2D eigenvalue weighted by Gasteiger charge is 2.21. The minimum Gasteiger partial charge on any atom is -0.326 e. The van der Waals surface area contributed by atoms with E-state index in [1.165, 1.54) is 0 Å². The normalized spacial score (nSPS) is 15.5. The van der Waals surface area contributed by atoms with Crippen molar-refractivity contribution < 1.29 is 9.59 Å². The Morgan fingerprint density at radius 2 is 2.08 bits per heavy atom. The van der Waals surface area contributed by atoms with Gasteiger partial charge in [-0.15, -0.1) is 0 Å². The number of carbonyl (C=O) groups excluding carboxylic acids is 2. The molecule has 1 aromatic heterocycles.